The summed E-state index contributed by atoms with van der Waals surface area (Å²) in [6.07, 6.45) is 3.20. The number of hydrogen-bond acceptors (Lipinski definition) is 2. The van der Waals surface area contributed by atoms with Gasteiger partial charge in [-0.05, 0) is 32.2 Å². The van der Waals surface area contributed by atoms with E-state index in [0.717, 1.165) is 16.8 Å². The topological polar surface area (TPSA) is 37.6 Å². The van der Waals surface area contributed by atoms with E-state index in [0.29, 0.717) is 5.84 Å². The molecule has 0 unspecified atom stereocenters. The quantitative estimate of drug-likeness (QED) is 0.517. The van der Waals surface area contributed by atoms with E-state index in [4.69, 9.17) is 0 Å². The maximum Gasteiger partial charge on any atom is 0.160 e. The number of amidine groups is 1. The van der Waals surface area contributed by atoms with Gasteiger partial charge in [0.25, 0.3) is 0 Å². The maximum absolute atomic E-state index is 4.19. The van der Waals surface area contributed by atoms with E-state index in [-0.39, 0.29) is 0 Å². The number of rotatable bonds is 2. The van der Waals surface area contributed by atoms with Crippen LogP contribution < -0.4 is 0 Å². The zero-order valence-corrected chi connectivity index (χ0v) is 8.49. The van der Waals surface area contributed by atoms with Crippen LogP contribution in [0.4, 0.5) is 0 Å². The summed E-state index contributed by atoms with van der Waals surface area (Å²) >= 11 is 0. The third-order valence-corrected chi connectivity index (χ3v) is 1.85. The molecule has 0 aromatic carbocycles. The maximum atomic E-state index is 4.19. The molecule has 1 heterocycles. The number of pyridine rings is 1. The number of aromatic nitrogens is 1. The fourth-order valence-corrected chi connectivity index (χ4v) is 1.21. The summed E-state index contributed by atoms with van der Waals surface area (Å²) in [6, 6.07) is 1.99. The van der Waals surface area contributed by atoms with Crippen LogP contribution in [0.1, 0.15) is 16.8 Å². The van der Waals surface area contributed by atoms with Crippen molar-refractivity contribution in [1.29, 1.82) is 0 Å². The molecule has 0 fully saturated rings. The fraction of sp³-hybridized carbons (Fsp3) is 0.182. The molecule has 1 aromatic rings. The minimum atomic E-state index is 0.560. The number of aliphatic imine (C=N–C) groups is 2. The number of nitrogens with zero attached hydrogens (tertiary/aromatic N) is 3. The Balaban J connectivity index is 3.24. The van der Waals surface area contributed by atoms with Gasteiger partial charge in [-0.25, -0.2) is 9.98 Å². The normalized spacial score (nSPS) is 11.1. The van der Waals surface area contributed by atoms with Crippen LogP contribution >= 0.6 is 0 Å². The molecule has 0 saturated heterocycles. The molecule has 0 N–H and O–H groups in total. The SMILES string of the molecule is C=CN=C(N=C)c1cnc(C)cc1C. The zero-order chi connectivity index (χ0) is 10.6. The molecule has 3 nitrogen and oxygen atoms in total. The molecule has 0 saturated carbocycles. The molecule has 0 atom stereocenters. The lowest BCUT2D eigenvalue weighted by Crippen LogP contribution is -2.01. The second-order valence-electron chi connectivity index (χ2n) is 2.93. The summed E-state index contributed by atoms with van der Waals surface area (Å²) in [7, 11) is 0. The first kappa shape index (κ1) is 10.3. The van der Waals surface area contributed by atoms with Gasteiger partial charge in [0.1, 0.15) is 0 Å². The smallest absolute Gasteiger partial charge is 0.160 e. The third kappa shape index (κ3) is 2.13. The van der Waals surface area contributed by atoms with Crippen molar-refractivity contribution in [3.8, 4) is 0 Å². The van der Waals surface area contributed by atoms with Crippen molar-refractivity contribution in [3.63, 3.8) is 0 Å². The third-order valence-electron chi connectivity index (χ3n) is 1.85. The van der Waals surface area contributed by atoms with Crippen LogP contribution in [0.15, 0.2) is 35.0 Å². The Morgan fingerprint density at radius 1 is 1.50 bits per heavy atom. The van der Waals surface area contributed by atoms with Gasteiger partial charge in [0, 0.05) is 23.7 Å². The van der Waals surface area contributed by atoms with E-state index < -0.39 is 0 Å². The molecule has 0 spiro atoms. The summed E-state index contributed by atoms with van der Waals surface area (Å²) in [5.41, 5.74) is 2.96. The highest BCUT2D eigenvalue weighted by molar-refractivity contribution is 6.02. The Morgan fingerprint density at radius 2 is 2.21 bits per heavy atom. The van der Waals surface area contributed by atoms with Crippen molar-refractivity contribution >= 4 is 12.6 Å². The predicted octanol–water partition coefficient (Wildman–Crippen LogP) is 2.29. The summed E-state index contributed by atoms with van der Waals surface area (Å²) in [5, 5.41) is 0. The van der Waals surface area contributed by atoms with E-state index in [1.54, 1.807) is 6.20 Å². The van der Waals surface area contributed by atoms with Gasteiger partial charge in [-0.2, -0.15) is 0 Å². The minimum absolute atomic E-state index is 0.560. The highest BCUT2D eigenvalue weighted by Gasteiger charge is 2.04. The van der Waals surface area contributed by atoms with Crippen molar-refractivity contribution < 1.29 is 0 Å². The average Bonchev–Trinajstić information content (AvgIpc) is 2.15. The van der Waals surface area contributed by atoms with E-state index in [2.05, 4.69) is 28.3 Å². The zero-order valence-electron chi connectivity index (χ0n) is 8.49. The molecule has 0 aliphatic rings. The average molecular weight is 187 g/mol. The first-order valence-corrected chi connectivity index (χ1v) is 4.28. The Bertz CT molecular complexity index is 392. The van der Waals surface area contributed by atoms with Crippen LogP contribution in [0, 0.1) is 13.8 Å². The Labute approximate surface area is 83.9 Å². The summed E-state index contributed by atoms with van der Waals surface area (Å²) in [4.78, 5) is 12.0. The molecule has 0 aliphatic carbocycles. The van der Waals surface area contributed by atoms with E-state index in [9.17, 15) is 0 Å². The molecule has 14 heavy (non-hydrogen) atoms. The standard InChI is InChI=1S/C11H13N3/c1-5-13-11(12-4)10-7-14-9(3)6-8(10)2/h5-7H,1,4H2,2-3H3. The van der Waals surface area contributed by atoms with Gasteiger partial charge in [-0.3, -0.25) is 4.98 Å². The fourth-order valence-electron chi connectivity index (χ4n) is 1.21. The second kappa shape index (κ2) is 4.46. The van der Waals surface area contributed by atoms with Gasteiger partial charge in [0.2, 0.25) is 0 Å². The van der Waals surface area contributed by atoms with Crippen molar-refractivity contribution in [1.82, 2.24) is 4.98 Å². The number of hydrogen-bond donors (Lipinski definition) is 0. The van der Waals surface area contributed by atoms with Crippen LogP contribution in [-0.2, 0) is 0 Å². The molecular formula is C11H13N3. The Kier molecular flexibility index (Phi) is 3.29. The molecule has 3 heteroatoms. The van der Waals surface area contributed by atoms with E-state index in [1.165, 1.54) is 6.20 Å². The van der Waals surface area contributed by atoms with E-state index >= 15 is 0 Å². The molecular weight excluding hydrogens is 174 g/mol. The van der Waals surface area contributed by atoms with Crippen LogP contribution in [-0.4, -0.2) is 17.5 Å². The Morgan fingerprint density at radius 3 is 2.71 bits per heavy atom. The molecule has 1 aromatic heterocycles. The van der Waals surface area contributed by atoms with Gasteiger partial charge in [0.15, 0.2) is 5.84 Å². The highest BCUT2D eigenvalue weighted by atomic mass is 14.9. The summed E-state index contributed by atoms with van der Waals surface area (Å²) < 4.78 is 0. The van der Waals surface area contributed by atoms with E-state index in [1.807, 2.05) is 19.9 Å². The van der Waals surface area contributed by atoms with Gasteiger partial charge in [-0.15, -0.1) is 0 Å². The molecule has 1 rings (SSSR count). The van der Waals surface area contributed by atoms with Crippen LogP contribution in [0.25, 0.3) is 0 Å². The largest absolute Gasteiger partial charge is 0.261 e. The van der Waals surface area contributed by atoms with Crippen molar-refractivity contribution in [2.45, 2.75) is 13.8 Å². The summed E-state index contributed by atoms with van der Waals surface area (Å²) in [5.74, 6) is 0.560. The minimum Gasteiger partial charge on any atom is -0.261 e. The molecule has 0 radical (unpaired) electrons. The predicted molar refractivity (Wildman–Crippen MR) is 60.0 cm³/mol. The van der Waals surface area contributed by atoms with Crippen LogP contribution in [0.3, 0.4) is 0 Å². The van der Waals surface area contributed by atoms with Crippen LogP contribution in [0.5, 0.6) is 0 Å². The van der Waals surface area contributed by atoms with Crippen molar-refractivity contribution in [2.75, 3.05) is 0 Å². The highest BCUT2D eigenvalue weighted by Crippen LogP contribution is 2.09. The molecule has 0 amide bonds. The van der Waals surface area contributed by atoms with Gasteiger partial charge < -0.3 is 0 Å². The van der Waals surface area contributed by atoms with Crippen molar-refractivity contribution in [2.24, 2.45) is 9.98 Å². The number of aryl methyl sites for hydroxylation is 2. The lowest BCUT2D eigenvalue weighted by molar-refractivity contribution is 1.16. The lowest BCUT2D eigenvalue weighted by Gasteiger charge is -2.04. The first-order valence-electron chi connectivity index (χ1n) is 4.28. The van der Waals surface area contributed by atoms with Gasteiger partial charge >= 0.3 is 0 Å². The second-order valence-corrected chi connectivity index (χ2v) is 2.93. The Hall–Kier alpha value is -1.77. The van der Waals surface area contributed by atoms with Gasteiger partial charge in [-0.1, -0.05) is 6.58 Å². The molecule has 72 valence electrons. The van der Waals surface area contributed by atoms with Crippen molar-refractivity contribution in [3.05, 3.63) is 41.9 Å². The lowest BCUT2D eigenvalue weighted by atomic mass is 10.1. The first-order chi connectivity index (χ1) is 6.69. The molecule has 0 aliphatic heterocycles. The van der Waals surface area contributed by atoms with Gasteiger partial charge in [0.05, 0.1) is 0 Å². The monoisotopic (exact) mass is 187 g/mol. The molecule has 0 bridgehead atoms. The summed E-state index contributed by atoms with van der Waals surface area (Å²) in [6.45, 7) is 10.9. The van der Waals surface area contributed by atoms with Crippen LogP contribution in [0.2, 0.25) is 0 Å².